The number of benzene rings is 4. The average molecular weight is 941 g/mol. The number of halogens is 4. The van der Waals surface area contributed by atoms with Crippen molar-refractivity contribution in [3.63, 3.8) is 0 Å². The maximum atomic E-state index is 15.2. The smallest absolute Gasteiger partial charge is 0.295 e. The minimum Gasteiger partial charge on any atom is -0.424 e. The Balaban J connectivity index is 0.932. The Hall–Kier alpha value is -7.40. The molecule has 4 unspecified atom stereocenters. The number of hydrogen-bond acceptors (Lipinski definition) is 12. The summed E-state index contributed by atoms with van der Waals surface area (Å²) in [4.78, 5) is 60.1. The van der Waals surface area contributed by atoms with Gasteiger partial charge in [0.2, 0.25) is 0 Å². The molecule has 4 aromatic carbocycles. The Labute approximate surface area is 393 Å². The minimum absolute atomic E-state index is 0.0725. The molecule has 2 fully saturated rings. The molecule has 4 aromatic heterocycles. The van der Waals surface area contributed by atoms with Gasteiger partial charge < -0.3 is 29.3 Å². The van der Waals surface area contributed by atoms with Crippen LogP contribution in [0.4, 0.5) is 25.2 Å². The van der Waals surface area contributed by atoms with E-state index in [4.69, 9.17) is 25.4 Å². The van der Waals surface area contributed by atoms with Crippen LogP contribution in [0.5, 0.6) is 0 Å². The number of aromatic nitrogens is 6. The second kappa shape index (κ2) is 19.1. The summed E-state index contributed by atoms with van der Waals surface area (Å²) in [5, 5.41) is 7.00. The van der Waals surface area contributed by atoms with Crippen molar-refractivity contribution >= 4 is 57.6 Å². The number of anilines is 2. The zero-order valence-electron chi connectivity index (χ0n) is 36.7. The molecule has 0 aliphatic carbocycles. The lowest BCUT2D eigenvalue weighted by Crippen LogP contribution is -2.52. The second-order valence-corrected chi connectivity index (χ2v) is 17.6. The lowest BCUT2D eigenvalue weighted by molar-refractivity contribution is 0.0515. The second-order valence-electron chi connectivity index (χ2n) is 17.2. The first-order chi connectivity index (χ1) is 33.0. The van der Waals surface area contributed by atoms with Crippen molar-refractivity contribution < 1.29 is 31.6 Å². The fraction of sp³-hybridized carbons (Fsp3) is 0.280. The van der Waals surface area contributed by atoms with Gasteiger partial charge in [0.15, 0.2) is 22.8 Å². The first-order valence-corrected chi connectivity index (χ1v) is 22.8. The van der Waals surface area contributed by atoms with Gasteiger partial charge in [-0.2, -0.15) is 9.97 Å². The van der Waals surface area contributed by atoms with E-state index in [0.29, 0.717) is 76.4 Å². The van der Waals surface area contributed by atoms with E-state index in [9.17, 15) is 18.4 Å². The summed E-state index contributed by atoms with van der Waals surface area (Å²) in [5.41, 5.74) is 3.52. The van der Waals surface area contributed by atoms with Crippen molar-refractivity contribution in [1.29, 1.82) is 0 Å². The molecule has 68 heavy (non-hydrogen) atoms. The van der Waals surface area contributed by atoms with Gasteiger partial charge in [-0.25, -0.2) is 33.1 Å². The van der Waals surface area contributed by atoms with Crippen molar-refractivity contribution in [2.24, 2.45) is 11.8 Å². The van der Waals surface area contributed by atoms with Gasteiger partial charge in [-0.15, -0.1) is 0 Å². The van der Waals surface area contributed by atoms with E-state index >= 15 is 4.39 Å². The highest BCUT2D eigenvalue weighted by molar-refractivity contribution is 6.31. The average Bonchev–Trinajstić information content (AvgIpc) is 3.95. The quantitative estimate of drug-likeness (QED) is 0.119. The van der Waals surface area contributed by atoms with Crippen LogP contribution in [-0.4, -0.2) is 89.8 Å². The van der Waals surface area contributed by atoms with Crippen LogP contribution in [0.3, 0.4) is 0 Å². The molecule has 18 heteroatoms. The number of fused-ring (bicyclic) bond motifs is 2. The first kappa shape index (κ1) is 44.4. The lowest BCUT2D eigenvalue weighted by Gasteiger charge is -2.41. The number of nitrogens with zero attached hydrogens (tertiary/aromatic N) is 8. The number of carbonyl (C=O) groups is 2. The molecule has 2 saturated heterocycles. The zero-order chi connectivity index (χ0) is 46.9. The van der Waals surface area contributed by atoms with Crippen LogP contribution in [0.15, 0.2) is 112 Å². The van der Waals surface area contributed by atoms with Crippen LogP contribution < -0.4 is 10.6 Å². The molecular weight excluding hydrogens is 897 g/mol. The van der Waals surface area contributed by atoms with Crippen LogP contribution in [0.25, 0.3) is 45.0 Å². The standard InChI is InChI=1S/C50H44ClF3N10O4/c1-28-5-2-19-63(41(28)26-58-50-62-40-25-33(54)10-14-43(40)67-50)47(65)38-24-32(53)9-12-36(38)46-57-18-15-34(60-46)21-29-6-3-20-64(42(29)27-59-49-61-39-13-7-30(51)22-44(39)68-49)48(66)37-23-31(52)8-11-35(37)45-55-16-4-17-56-45/h4,7-18,22-25,28-29,41-42H,2-3,5-6,19-21,26-27H2,1H3,(H,58,62)(H,59,61). The fourth-order valence-corrected chi connectivity index (χ4v) is 9.64. The summed E-state index contributed by atoms with van der Waals surface area (Å²) >= 11 is 6.23. The molecule has 2 amide bonds. The highest BCUT2D eigenvalue weighted by Crippen LogP contribution is 2.34. The lowest BCUT2D eigenvalue weighted by atomic mass is 9.84. The Kier molecular flexibility index (Phi) is 12.5. The monoisotopic (exact) mass is 940 g/mol. The SMILES string of the molecule is CC1CCCN(C(=O)c2cc(F)ccc2-c2nccc(CC3CCCN(C(=O)c4cc(F)ccc4-c4ncccn4)C3CNc3nc4ccc(Cl)cc4o3)n2)C1CNc1nc2cc(F)ccc2o1. The largest absolute Gasteiger partial charge is 0.424 e. The predicted octanol–water partition coefficient (Wildman–Crippen LogP) is 9.88. The van der Waals surface area contributed by atoms with Crippen molar-refractivity contribution in [3.05, 3.63) is 143 Å². The highest BCUT2D eigenvalue weighted by Gasteiger charge is 2.37. The topological polar surface area (TPSA) is 168 Å². The zero-order valence-corrected chi connectivity index (χ0v) is 37.5. The van der Waals surface area contributed by atoms with Crippen LogP contribution in [-0.2, 0) is 6.42 Å². The molecular formula is C50H44ClF3N10O4. The molecule has 0 saturated carbocycles. The van der Waals surface area contributed by atoms with E-state index in [0.717, 1.165) is 12.8 Å². The molecule has 10 rings (SSSR count). The molecule has 0 spiro atoms. The van der Waals surface area contributed by atoms with E-state index in [1.807, 2.05) is 0 Å². The number of carbonyl (C=O) groups excluding carboxylic acids is 2. The third kappa shape index (κ3) is 9.30. The summed E-state index contributed by atoms with van der Waals surface area (Å²) < 4.78 is 55.8. The molecule has 8 aromatic rings. The Bertz CT molecular complexity index is 3150. The third-order valence-electron chi connectivity index (χ3n) is 12.8. The highest BCUT2D eigenvalue weighted by atomic mass is 35.5. The van der Waals surface area contributed by atoms with Crippen molar-refractivity contribution in [2.75, 3.05) is 36.8 Å². The first-order valence-electron chi connectivity index (χ1n) is 22.5. The molecule has 6 heterocycles. The third-order valence-corrected chi connectivity index (χ3v) is 13.1. The van der Waals surface area contributed by atoms with Crippen LogP contribution in [0.2, 0.25) is 5.02 Å². The van der Waals surface area contributed by atoms with Crippen LogP contribution in [0, 0.1) is 29.3 Å². The number of oxazole rings is 2. The van der Waals surface area contributed by atoms with Gasteiger partial charge in [-0.05, 0) is 117 Å². The number of hydrogen-bond donors (Lipinski definition) is 2. The predicted molar refractivity (Wildman–Crippen MR) is 249 cm³/mol. The molecule has 2 N–H and O–H groups in total. The molecule has 0 bridgehead atoms. The van der Waals surface area contributed by atoms with Crippen LogP contribution >= 0.6 is 11.6 Å². The minimum atomic E-state index is -0.587. The molecule has 346 valence electrons. The summed E-state index contributed by atoms with van der Waals surface area (Å²) in [6.45, 7) is 3.38. The molecule has 2 aliphatic rings. The summed E-state index contributed by atoms with van der Waals surface area (Å²) in [6.07, 6.45) is 8.09. The summed E-state index contributed by atoms with van der Waals surface area (Å²) in [6, 6.07) is 20.4. The van der Waals surface area contributed by atoms with Crippen molar-refractivity contribution in [2.45, 2.75) is 51.1 Å². The molecule has 14 nitrogen and oxygen atoms in total. The van der Waals surface area contributed by atoms with E-state index < -0.39 is 29.4 Å². The van der Waals surface area contributed by atoms with E-state index in [1.165, 1.54) is 54.6 Å². The summed E-state index contributed by atoms with van der Waals surface area (Å²) in [7, 11) is 0. The van der Waals surface area contributed by atoms with Gasteiger partial charge in [0.1, 0.15) is 28.5 Å². The summed E-state index contributed by atoms with van der Waals surface area (Å²) in [5.74, 6) is -1.95. The fourth-order valence-electron chi connectivity index (χ4n) is 9.48. The number of nitrogens with one attached hydrogen (secondary N) is 2. The van der Waals surface area contributed by atoms with Gasteiger partial charge in [0.05, 0.1) is 23.2 Å². The molecule has 0 radical (unpaired) electrons. The van der Waals surface area contributed by atoms with E-state index in [2.05, 4.69) is 42.5 Å². The van der Waals surface area contributed by atoms with Gasteiger partial charge in [-0.3, -0.25) is 9.59 Å². The normalized spacial score (nSPS) is 18.5. The van der Waals surface area contributed by atoms with Crippen LogP contribution in [0.1, 0.15) is 59.0 Å². The van der Waals surface area contributed by atoms with Gasteiger partial charge in [0, 0.05) is 78.7 Å². The number of likely N-dealkylation sites (tertiary alicyclic amines) is 2. The molecule has 4 atom stereocenters. The number of amides is 2. The molecule has 2 aliphatic heterocycles. The number of rotatable bonds is 12. The van der Waals surface area contributed by atoms with Crippen molar-refractivity contribution in [1.82, 2.24) is 39.7 Å². The maximum absolute atomic E-state index is 15.2. The maximum Gasteiger partial charge on any atom is 0.295 e. The van der Waals surface area contributed by atoms with Gasteiger partial charge in [0.25, 0.3) is 23.8 Å². The van der Waals surface area contributed by atoms with Gasteiger partial charge >= 0.3 is 0 Å². The Morgan fingerprint density at radius 1 is 0.662 bits per heavy atom. The van der Waals surface area contributed by atoms with Crippen molar-refractivity contribution in [3.8, 4) is 22.8 Å². The Morgan fingerprint density at radius 2 is 1.26 bits per heavy atom. The van der Waals surface area contributed by atoms with E-state index in [-0.39, 0.29) is 71.7 Å². The number of piperidine rings is 2. The Morgan fingerprint density at radius 3 is 2.00 bits per heavy atom. The van der Waals surface area contributed by atoms with Gasteiger partial charge in [-0.1, -0.05) is 18.5 Å². The van der Waals surface area contributed by atoms with E-state index in [1.54, 1.807) is 58.7 Å².